The van der Waals surface area contributed by atoms with Gasteiger partial charge in [0.15, 0.2) is 5.69 Å². The van der Waals surface area contributed by atoms with Crippen LogP contribution in [0.3, 0.4) is 0 Å². The normalized spacial score (nSPS) is 13.2. The van der Waals surface area contributed by atoms with Crippen molar-refractivity contribution in [3.05, 3.63) is 76.6 Å². The first-order chi connectivity index (χ1) is 15.9. The first-order valence-electron chi connectivity index (χ1n) is 11.2. The van der Waals surface area contributed by atoms with Gasteiger partial charge in [-0.2, -0.15) is 0 Å². The van der Waals surface area contributed by atoms with Crippen LogP contribution >= 0.6 is 0 Å². The van der Waals surface area contributed by atoms with E-state index in [0.717, 1.165) is 36.3 Å². The molecule has 8 heteroatoms. The van der Waals surface area contributed by atoms with Gasteiger partial charge >= 0.3 is 0 Å². The van der Waals surface area contributed by atoms with Crippen molar-refractivity contribution >= 4 is 11.8 Å². The highest BCUT2D eigenvalue weighted by atomic mass is 16.2. The molecule has 0 spiro atoms. The predicted octanol–water partition coefficient (Wildman–Crippen LogP) is 2.67. The minimum Gasteiger partial charge on any atom is -0.351 e. The molecule has 0 atom stereocenters. The highest BCUT2D eigenvalue weighted by Crippen LogP contribution is 2.42. The largest absolute Gasteiger partial charge is 0.351 e. The number of carbonyl (C=O) groups excluding carboxylic acids is 2. The number of aromatic nitrogens is 3. The molecule has 2 N–H and O–H groups in total. The van der Waals surface area contributed by atoms with Crippen LogP contribution in [-0.4, -0.2) is 58.9 Å². The van der Waals surface area contributed by atoms with Crippen LogP contribution in [0.4, 0.5) is 0 Å². The molecule has 172 valence electrons. The SMILES string of the molecule is Cc1ccc(-n2nnc(C(=O)NCc3ccc(C(=O)NCCN(C)C)cc3)c2C2CC2)cc1. The fourth-order valence-electron chi connectivity index (χ4n) is 3.59. The van der Waals surface area contributed by atoms with E-state index in [1.54, 1.807) is 16.8 Å². The number of nitrogens with zero attached hydrogens (tertiary/aromatic N) is 4. The van der Waals surface area contributed by atoms with Gasteiger partial charge in [-0.3, -0.25) is 9.59 Å². The molecular formula is C25H30N6O2. The van der Waals surface area contributed by atoms with Gasteiger partial charge in [0.25, 0.3) is 11.8 Å². The van der Waals surface area contributed by atoms with Crippen LogP contribution in [0.25, 0.3) is 5.69 Å². The van der Waals surface area contributed by atoms with Crippen molar-refractivity contribution in [1.29, 1.82) is 0 Å². The third-order valence-electron chi connectivity index (χ3n) is 5.68. The van der Waals surface area contributed by atoms with E-state index in [1.165, 1.54) is 5.56 Å². The summed E-state index contributed by atoms with van der Waals surface area (Å²) in [5.74, 6) is -0.0256. The maximum absolute atomic E-state index is 12.9. The van der Waals surface area contributed by atoms with E-state index in [0.29, 0.717) is 30.3 Å². The predicted molar refractivity (Wildman–Crippen MR) is 127 cm³/mol. The zero-order chi connectivity index (χ0) is 23.4. The van der Waals surface area contributed by atoms with Crippen LogP contribution < -0.4 is 10.6 Å². The number of hydrogen-bond donors (Lipinski definition) is 2. The van der Waals surface area contributed by atoms with E-state index in [4.69, 9.17) is 0 Å². The highest BCUT2D eigenvalue weighted by Gasteiger charge is 2.34. The second kappa shape index (κ2) is 9.95. The zero-order valence-corrected chi connectivity index (χ0v) is 19.3. The van der Waals surface area contributed by atoms with Crippen molar-refractivity contribution in [2.45, 2.75) is 32.2 Å². The molecule has 1 aliphatic carbocycles. The topological polar surface area (TPSA) is 92.1 Å². The molecule has 1 aliphatic rings. The lowest BCUT2D eigenvalue weighted by atomic mass is 10.1. The zero-order valence-electron chi connectivity index (χ0n) is 19.3. The molecule has 2 aromatic carbocycles. The average molecular weight is 447 g/mol. The summed E-state index contributed by atoms with van der Waals surface area (Å²) in [6.45, 7) is 3.77. The molecule has 3 aromatic rings. The molecule has 1 heterocycles. The Hall–Kier alpha value is -3.52. The molecule has 2 amide bonds. The van der Waals surface area contributed by atoms with Crippen molar-refractivity contribution in [2.24, 2.45) is 0 Å². The maximum Gasteiger partial charge on any atom is 0.274 e. The fraction of sp³-hybridized carbons (Fsp3) is 0.360. The molecule has 1 aromatic heterocycles. The van der Waals surface area contributed by atoms with Crippen molar-refractivity contribution in [1.82, 2.24) is 30.5 Å². The van der Waals surface area contributed by atoms with Gasteiger partial charge < -0.3 is 15.5 Å². The number of carbonyl (C=O) groups is 2. The van der Waals surface area contributed by atoms with Gasteiger partial charge in [-0.25, -0.2) is 4.68 Å². The molecule has 0 radical (unpaired) electrons. The monoisotopic (exact) mass is 446 g/mol. The van der Waals surface area contributed by atoms with Crippen LogP contribution in [0.1, 0.15) is 56.4 Å². The van der Waals surface area contributed by atoms with Crippen molar-refractivity contribution in [2.75, 3.05) is 27.2 Å². The van der Waals surface area contributed by atoms with Crippen LogP contribution in [0.5, 0.6) is 0 Å². The molecule has 0 aliphatic heterocycles. The quantitative estimate of drug-likeness (QED) is 0.527. The van der Waals surface area contributed by atoms with Crippen LogP contribution in [0.2, 0.25) is 0 Å². The number of benzene rings is 2. The van der Waals surface area contributed by atoms with Gasteiger partial charge in [-0.1, -0.05) is 35.0 Å². The second-order valence-electron chi connectivity index (χ2n) is 8.78. The third-order valence-corrected chi connectivity index (χ3v) is 5.68. The second-order valence-corrected chi connectivity index (χ2v) is 8.78. The van der Waals surface area contributed by atoms with Gasteiger partial charge in [0.1, 0.15) is 0 Å². The van der Waals surface area contributed by atoms with Gasteiger partial charge in [-0.05, 0) is 63.7 Å². The van der Waals surface area contributed by atoms with E-state index in [9.17, 15) is 9.59 Å². The Morgan fingerprint density at radius 2 is 1.70 bits per heavy atom. The molecule has 1 saturated carbocycles. The van der Waals surface area contributed by atoms with E-state index >= 15 is 0 Å². The van der Waals surface area contributed by atoms with E-state index in [1.807, 2.05) is 62.3 Å². The Morgan fingerprint density at radius 3 is 2.33 bits per heavy atom. The van der Waals surface area contributed by atoms with Crippen LogP contribution in [0.15, 0.2) is 48.5 Å². The van der Waals surface area contributed by atoms with Crippen molar-refractivity contribution in [3.63, 3.8) is 0 Å². The van der Waals surface area contributed by atoms with Crippen LogP contribution in [-0.2, 0) is 6.54 Å². The molecule has 0 unspecified atom stereocenters. The number of likely N-dealkylation sites (N-methyl/N-ethyl adjacent to an activating group) is 1. The number of nitrogens with one attached hydrogen (secondary N) is 2. The molecular weight excluding hydrogens is 416 g/mol. The molecule has 8 nitrogen and oxygen atoms in total. The Balaban J connectivity index is 1.39. The number of rotatable bonds is 9. The molecule has 0 saturated heterocycles. The van der Waals surface area contributed by atoms with Gasteiger partial charge in [-0.15, -0.1) is 5.10 Å². The van der Waals surface area contributed by atoms with Crippen molar-refractivity contribution in [3.8, 4) is 5.69 Å². The first-order valence-corrected chi connectivity index (χ1v) is 11.2. The summed E-state index contributed by atoms with van der Waals surface area (Å²) in [6.07, 6.45) is 2.08. The summed E-state index contributed by atoms with van der Waals surface area (Å²) in [4.78, 5) is 27.2. The highest BCUT2D eigenvalue weighted by molar-refractivity contribution is 5.94. The Kier molecular flexibility index (Phi) is 6.84. The van der Waals surface area contributed by atoms with Gasteiger partial charge in [0.05, 0.1) is 11.4 Å². The molecule has 1 fully saturated rings. The summed E-state index contributed by atoms with van der Waals surface area (Å²) in [5, 5.41) is 14.3. The van der Waals surface area contributed by atoms with E-state index in [-0.39, 0.29) is 11.8 Å². The fourth-order valence-corrected chi connectivity index (χ4v) is 3.59. The number of amides is 2. The smallest absolute Gasteiger partial charge is 0.274 e. The summed E-state index contributed by atoms with van der Waals surface area (Å²) >= 11 is 0. The lowest BCUT2D eigenvalue weighted by molar-refractivity contribution is 0.0938. The van der Waals surface area contributed by atoms with E-state index < -0.39 is 0 Å². The molecule has 4 rings (SSSR count). The minimum atomic E-state index is -0.235. The molecule has 0 bridgehead atoms. The Bertz CT molecular complexity index is 1110. The Morgan fingerprint density at radius 1 is 1.00 bits per heavy atom. The third kappa shape index (κ3) is 5.64. The summed E-state index contributed by atoms with van der Waals surface area (Å²) in [7, 11) is 3.93. The average Bonchev–Trinajstić information content (AvgIpc) is 3.55. The maximum atomic E-state index is 12.9. The van der Waals surface area contributed by atoms with E-state index in [2.05, 4.69) is 20.9 Å². The standard InChI is InChI=1S/C25H30N6O2/c1-17-4-12-21(13-5-17)31-23(19-10-11-19)22(28-29-31)25(33)27-16-18-6-8-20(9-7-18)24(32)26-14-15-30(2)3/h4-9,12-13,19H,10-11,14-16H2,1-3H3,(H,26,32)(H,27,33). The van der Waals surface area contributed by atoms with Crippen LogP contribution in [0, 0.1) is 6.92 Å². The van der Waals surface area contributed by atoms with Gasteiger partial charge in [0, 0.05) is 31.1 Å². The summed E-state index contributed by atoms with van der Waals surface area (Å²) < 4.78 is 1.79. The lowest BCUT2D eigenvalue weighted by Gasteiger charge is -2.11. The first kappa shape index (κ1) is 22.7. The summed E-state index contributed by atoms with van der Waals surface area (Å²) in [5.41, 5.74) is 4.85. The van der Waals surface area contributed by atoms with Gasteiger partial charge in [0.2, 0.25) is 0 Å². The Labute approximate surface area is 194 Å². The minimum absolute atomic E-state index is 0.103. The number of aryl methyl sites for hydroxylation is 1. The van der Waals surface area contributed by atoms with Crippen molar-refractivity contribution < 1.29 is 9.59 Å². The summed E-state index contributed by atoms with van der Waals surface area (Å²) in [6, 6.07) is 15.3. The lowest BCUT2D eigenvalue weighted by Crippen LogP contribution is -2.31. The molecule has 33 heavy (non-hydrogen) atoms. The number of hydrogen-bond acceptors (Lipinski definition) is 5.